The van der Waals surface area contributed by atoms with E-state index >= 15 is 0 Å². The van der Waals surface area contributed by atoms with E-state index in [0.717, 1.165) is 50.4 Å². The topological polar surface area (TPSA) is 170 Å². The monoisotopic (exact) mass is 555 g/mol. The summed E-state index contributed by atoms with van der Waals surface area (Å²) in [6, 6.07) is 17.5. The zero-order valence-corrected chi connectivity index (χ0v) is 23.8. The van der Waals surface area contributed by atoms with Gasteiger partial charge in [0, 0.05) is 11.6 Å². The fourth-order valence-corrected chi connectivity index (χ4v) is 4.50. The molecule has 2 aromatic rings. The van der Waals surface area contributed by atoms with Gasteiger partial charge in [-0.3, -0.25) is 14.4 Å². The molecular formula is C32H49N3O5. The number of nitrogens with two attached hydrogens (primary N) is 3. The second kappa shape index (κ2) is 21.7. The fraction of sp³-hybridized carbons (Fsp3) is 0.531. The number of unbranched alkanes of at least 4 members (excludes halogenated alkanes) is 1. The first-order chi connectivity index (χ1) is 19.3. The van der Waals surface area contributed by atoms with Gasteiger partial charge in [-0.05, 0) is 56.2 Å². The van der Waals surface area contributed by atoms with Crippen molar-refractivity contribution in [1.29, 1.82) is 0 Å². The van der Waals surface area contributed by atoms with Crippen molar-refractivity contribution in [3.63, 3.8) is 0 Å². The van der Waals surface area contributed by atoms with Crippen LogP contribution in [-0.4, -0.2) is 47.1 Å². The van der Waals surface area contributed by atoms with E-state index in [4.69, 9.17) is 27.4 Å². The number of aldehydes is 1. The summed E-state index contributed by atoms with van der Waals surface area (Å²) in [5, 5.41) is 16.9. The fourth-order valence-electron chi connectivity index (χ4n) is 4.50. The van der Waals surface area contributed by atoms with Gasteiger partial charge in [-0.25, -0.2) is 0 Å². The second-order valence-electron chi connectivity index (χ2n) is 10.4. The Morgan fingerprint density at radius 1 is 0.800 bits per heavy atom. The third-order valence-electron chi connectivity index (χ3n) is 7.04. The van der Waals surface area contributed by atoms with E-state index in [2.05, 4.69) is 12.1 Å². The van der Waals surface area contributed by atoms with Crippen LogP contribution in [0.2, 0.25) is 0 Å². The van der Waals surface area contributed by atoms with Crippen LogP contribution < -0.4 is 17.2 Å². The van der Waals surface area contributed by atoms with Crippen LogP contribution in [-0.2, 0) is 9.59 Å². The van der Waals surface area contributed by atoms with Crippen LogP contribution in [0.4, 0.5) is 0 Å². The Morgan fingerprint density at radius 2 is 1.32 bits per heavy atom. The van der Waals surface area contributed by atoms with Gasteiger partial charge in [0.2, 0.25) is 0 Å². The molecule has 2 aromatic carbocycles. The molecule has 0 radical (unpaired) electrons. The molecule has 2 aliphatic rings. The Hall–Kier alpha value is -3.07. The van der Waals surface area contributed by atoms with Gasteiger partial charge in [0.25, 0.3) is 0 Å². The molecule has 8 nitrogen and oxygen atoms in total. The molecule has 0 aliphatic heterocycles. The van der Waals surface area contributed by atoms with Gasteiger partial charge in [0.05, 0.1) is 5.92 Å². The van der Waals surface area contributed by atoms with Crippen LogP contribution in [0, 0.1) is 5.92 Å². The molecule has 0 bridgehead atoms. The summed E-state index contributed by atoms with van der Waals surface area (Å²) in [4.78, 5) is 30.9. The van der Waals surface area contributed by atoms with Crippen molar-refractivity contribution in [2.24, 2.45) is 23.1 Å². The second-order valence-corrected chi connectivity index (χ2v) is 10.4. The van der Waals surface area contributed by atoms with E-state index in [-0.39, 0.29) is 5.92 Å². The molecule has 0 aromatic heterocycles. The maximum absolute atomic E-state index is 10.5. The van der Waals surface area contributed by atoms with E-state index < -0.39 is 18.0 Å². The number of hydrogen-bond acceptors (Lipinski definition) is 6. The number of carbonyl (C=O) groups is 3. The van der Waals surface area contributed by atoms with Crippen molar-refractivity contribution in [3.8, 4) is 11.1 Å². The summed E-state index contributed by atoms with van der Waals surface area (Å²) < 4.78 is 0. The molecule has 2 fully saturated rings. The molecule has 40 heavy (non-hydrogen) atoms. The summed E-state index contributed by atoms with van der Waals surface area (Å²) in [5.74, 6) is -1.56. The summed E-state index contributed by atoms with van der Waals surface area (Å²) >= 11 is 0. The number of carbonyl (C=O) groups excluding carboxylic acids is 1. The molecule has 8 N–H and O–H groups in total. The van der Waals surface area contributed by atoms with Gasteiger partial charge in [-0.2, -0.15) is 0 Å². The molecule has 2 aliphatic carbocycles. The Balaban J connectivity index is 0.000000276. The molecule has 222 valence electrons. The van der Waals surface area contributed by atoms with Gasteiger partial charge < -0.3 is 27.4 Å². The molecule has 0 amide bonds. The number of benzene rings is 2. The normalized spacial score (nSPS) is 16.0. The third kappa shape index (κ3) is 16.1. The largest absolute Gasteiger partial charge is 0.481 e. The summed E-state index contributed by atoms with van der Waals surface area (Å²) in [5.41, 5.74) is 19.1. The molecule has 2 saturated carbocycles. The van der Waals surface area contributed by atoms with E-state index in [1.807, 2.05) is 42.5 Å². The molecule has 0 spiro atoms. The van der Waals surface area contributed by atoms with Gasteiger partial charge in [-0.1, -0.05) is 99.5 Å². The lowest BCUT2D eigenvalue weighted by molar-refractivity contribution is -0.142. The number of rotatable bonds is 8. The molecule has 4 rings (SSSR count). The average Bonchev–Trinajstić information content (AvgIpc) is 2.99. The van der Waals surface area contributed by atoms with Crippen molar-refractivity contribution in [2.45, 2.75) is 95.6 Å². The van der Waals surface area contributed by atoms with E-state index in [0.29, 0.717) is 24.6 Å². The lowest BCUT2D eigenvalue weighted by Crippen LogP contribution is -2.29. The highest BCUT2D eigenvalue weighted by Crippen LogP contribution is 2.23. The Morgan fingerprint density at radius 3 is 1.73 bits per heavy atom. The highest BCUT2D eigenvalue weighted by Gasteiger charge is 2.19. The zero-order valence-electron chi connectivity index (χ0n) is 23.8. The molecular weight excluding hydrogens is 506 g/mol. The van der Waals surface area contributed by atoms with Crippen molar-refractivity contribution < 1.29 is 24.6 Å². The lowest BCUT2D eigenvalue weighted by atomic mass is 9.90. The summed E-state index contributed by atoms with van der Waals surface area (Å²) in [6.45, 7) is 0.604. The third-order valence-corrected chi connectivity index (χ3v) is 7.04. The van der Waals surface area contributed by atoms with Crippen LogP contribution in [0.5, 0.6) is 0 Å². The molecule has 0 unspecified atom stereocenters. The number of aliphatic carboxylic acids is 2. The highest BCUT2D eigenvalue weighted by atomic mass is 16.4. The minimum Gasteiger partial charge on any atom is -0.481 e. The van der Waals surface area contributed by atoms with Crippen LogP contribution in [0.25, 0.3) is 11.1 Å². The Kier molecular flexibility index (Phi) is 19.0. The van der Waals surface area contributed by atoms with Crippen molar-refractivity contribution in [1.82, 2.24) is 0 Å². The molecule has 0 saturated heterocycles. The van der Waals surface area contributed by atoms with Crippen LogP contribution >= 0.6 is 0 Å². The van der Waals surface area contributed by atoms with E-state index in [9.17, 15) is 14.4 Å². The van der Waals surface area contributed by atoms with Crippen LogP contribution in [0.15, 0.2) is 54.6 Å². The maximum atomic E-state index is 10.5. The van der Waals surface area contributed by atoms with Gasteiger partial charge in [0.1, 0.15) is 12.3 Å². The number of carboxylic acids is 2. The molecule has 8 heteroatoms. The van der Waals surface area contributed by atoms with Crippen LogP contribution in [0.1, 0.15) is 93.8 Å². The average molecular weight is 556 g/mol. The Bertz CT molecular complexity index is 941. The van der Waals surface area contributed by atoms with Crippen molar-refractivity contribution in [2.75, 3.05) is 6.54 Å². The smallest absolute Gasteiger partial charge is 0.320 e. The maximum Gasteiger partial charge on any atom is 0.320 e. The first-order valence-electron chi connectivity index (χ1n) is 14.6. The number of carboxylic acid groups (broad SMARTS) is 2. The lowest BCUT2D eigenvalue weighted by Gasteiger charge is -2.16. The minimum atomic E-state index is -0.933. The van der Waals surface area contributed by atoms with E-state index in [1.54, 1.807) is 0 Å². The number of hydrogen-bond donors (Lipinski definition) is 5. The summed E-state index contributed by atoms with van der Waals surface area (Å²) in [7, 11) is 0. The zero-order chi connectivity index (χ0) is 29.6. The predicted octanol–water partition coefficient (Wildman–Crippen LogP) is 5.62. The SMILES string of the molecule is NC1CCCCC1.NCCCC[C@H](N)C(=O)O.O=C(O)C1CCCCC1.O=Cc1ccc(-c2ccccc2)cc1. The van der Waals surface area contributed by atoms with Crippen molar-refractivity contribution >= 4 is 18.2 Å². The molecule has 1 atom stereocenters. The minimum absolute atomic E-state index is 0.0289. The first kappa shape index (κ1) is 35.0. The predicted molar refractivity (Wildman–Crippen MR) is 161 cm³/mol. The van der Waals surface area contributed by atoms with Gasteiger partial charge in [0.15, 0.2) is 0 Å². The quantitative estimate of drug-likeness (QED) is 0.206. The molecule has 0 heterocycles. The standard InChI is InChI=1S/C13H10O.C7H12O2.C6H14N2O2.C6H13N/c14-10-11-6-8-13(9-7-11)12-4-2-1-3-5-12;8-7(9)6-4-2-1-3-5-6;7-4-2-1-3-5(8)6(9)10;7-6-4-2-1-3-5-6/h1-10H;6H,1-5H2,(H,8,9);5H,1-4,7-8H2,(H,9,10);6H,1-5,7H2/t;;5-;/m..0./s1. The summed E-state index contributed by atoms with van der Waals surface area (Å²) in [6.07, 6.45) is 14.9. The van der Waals surface area contributed by atoms with Gasteiger partial charge >= 0.3 is 11.9 Å². The first-order valence-corrected chi connectivity index (χ1v) is 14.6. The van der Waals surface area contributed by atoms with Crippen LogP contribution in [0.3, 0.4) is 0 Å². The highest BCUT2D eigenvalue weighted by molar-refractivity contribution is 5.76. The van der Waals surface area contributed by atoms with E-state index in [1.165, 1.54) is 44.1 Å². The van der Waals surface area contributed by atoms with Crippen molar-refractivity contribution in [3.05, 3.63) is 60.2 Å². The Labute approximate surface area is 239 Å². The van der Waals surface area contributed by atoms with Gasteiger partial charge in [-0.15, -0.1) is 0 Å².